The second-order valence-electron chi connectivity index (χ2n) is 5.62. The van der Waals surface area contributed by atoms with Gasteiger partial charge in [0.2, 0.25) is 5.91 Å². The van der Waals surface area contributed by atoms with Crippen molar-refractivity contribution in [3.05, 3.63) is 18.7 Å². The Bertz CT molecular complexity index is 413. The van der Waals surface area contributed by atoms with Crippen LogP contribution in [0.25, 0.3) is 0 Å². The normalized spacial score (nSPS) is 23.9. The summed E-state index contributed by atoms with van der Waals surface area (Å²) < 4.78 is 2.06. The van der Waals surface area contributed by atoms with Crippen molar-refractivity contribution in [3.63, 3.8) is 0 Å². The van der Waals surface area contributed by atoms with Gasteiger partial charge in [-0.25, -0.2) is 4.98 Å². The fraction of sp³-hybridized carbons (Fsp3) is 0.714. The second kappa shape index (κ2) is 5.74. The lowest BCUT2D eigenvalue weighted by atomic mass is 10.0. The van der Waals surface area contributed by atoms with E-state index >= 15 is 0 Å². The molecule has 1 aromatic heterocycles. The number of nitrogens with zero attached hydrogens (tertiary/aromatic N) is 3. The van der Waals surface area contributed by atoms with Gasteiger partial charge in [-0.15, -0.1) is 0 Å². The summed E-state index contributed by atoms with van der Waals surface area (Å²) in [7, 11) is 0. The van der Waals surface area contributed by atoms with Crippen LogP contribution in [-0.2, 0) is 11.3 Å². The van der Waals surface area contributed by atoms with Crippen LogP contribution in [0.3, 0.4) is 0 Å². The number of imidazole rings is 1. The predicted octanol–water partition coefficient (Wildman–Crippen LogP) is 1.02. The first-order valence-electron chi connectivity index (χ1n) is 7.33. The van der Waals surface area contributed by atoms with E-state index in [2.05, 4.69) is 14.9 Å². The topological polar surface area (TPSA) is 50.2 Å². The molecule has 0 bridgehead atoms. The zero-order valence-electron chi connectivity index (χ0n) is 11.3. The average Bonchev–Trinajstić information content (AvgIpc) is 3.07. The first kappa shape index (κ1) is 12.7. The van der Waals surface area contributed by atoms with Gasteiger partial charge in [-0.05, 0) is 32.1 Å². The van der Waals surface area contributed by atoms with Gasteiger partial charge < -0.3 is 14.8 Å². The highest BCUT2D eigenvalue weighted by atomic mass is 16.2. The summed E-state index contributed by atoms with van der Waals surface area (Å²) in [6, 6.07) is 0.689. The lowest BCUT2D eigenvalue weighted by molar-refractivity contribution is -0.136. The SMILES string of the molecule is O=C1C(NC2CC2)CCCN1CCCn1ccnc1. The molecule has 2 fully saturated rings. The Hall–Kier alpha value is -1.36. The minimum Gasteiger partial charge on any atom is -0.341 e. The number of nitrogens with one attached hydrogen (secondary N) is 1. The van der Waals surface area contributed by atoms with E-state index in [0.717, 1.165) is 38.9 Å². The van der Waals surface area contributed by atoms with Crippen molar-refractivity contribution in [2.45, 2.75) is 50.7 Å². The van der Waals surface area contributed by atoms with Crippen LogP contribution < -0.4 is 5.32 Å². The minimum atomic E-state index is 0.0782. The molecule has 1 saturated carbocycles. The molecule has 5 nitrogen and oxygen atoms in total. The molecule has 3 rings (SSSR count). The van der Waals surface area contributed by atoms with Crippen LogP contribution in [-0.4, -0.2) is 45.5 Å². The zero-order valence-corrected chi connectivity index (χ0v) is 11.3. The molecule has 1 saturated heterocycles. The Balaban J connectivity index is 1.45. The Morgan fingerprint density at radius 3 is 2.95 bits per heavy atom. The van der Waals surface area contributed by atoms with Crippen molar-refractivity contribution in [2.24, 2.45) is 0 Å². The van der Waals surface area contributed by atoms with Crippen LogP contribution in [0.2, 0.25) is 0 Å². The molecular formula is C14H22N4O. The molecule has 1 N–H and O–H groups in total. The van der Waals surface area contributed by atoms with E-state index in [4.69, 9.17) is 0 Å². The van der Waals surface area contributed by atoms with Gasteiger partial charge in [0.25, 0.3) is 0 Å². The first-order valence-corrected chi connectivity index (χ1v) is 7.33. The summed E-state index contributed by atoms with van der Waals surface area (Å²) >= 11 is 0. The maximum atomic E-state index is 12.3. The molecule has 1 aromatic rings. The van der Waals surface area contributed by atoms with Crippen molar-refractivity contribution in [3.8, 4) is 0 Å². The van der Waals surface area contributed by atoms with Gasteiger partial charge in [0.05, 0.1) is 12.4 Å². The predicted molar refractivity (Wildman–Crippen MR) is 72.6 cm³/mol. The number of piperidine rings is 1. The van der Waals surface area contributed by atoms with Crippen LogP contribution in [0, 0.1) is 0 Å². The molecule has 2 aliphatic rings. The molecule has 1 aliphatic heterocycles. The summed E-state index contributed by atoms with van der Waals surface area (Å²) in [5.41, 5.74) is 0. The lowest BCUT2D eigenvalue weighted by Gasteiger charge is -2.33. The zero-order chi connectivity index (χ0) is 13.1. The van der Waals surface area contributed by atoms with E-state index in [9.17, 15) is 4.79 Å². The van der Waals surface area contributed by atoms with Gasteiger partial charge in [0.1, 0.15) is 0 Å². The van der Waals surface area contributed by atoms with Crippen molar-refractivity contribution in [2.75, 3.05) is 13.1 Å². The molecule has 5 heteroatoms. The van der Waals surface area contributed by atoms with Gasteiger partial charge in [-0.1, -0.05) is 0 Å². The molecule has 1 unspecified atom stereocenters. The molecule has 0 spiro atoms. The van der Waals surface area contributed by atoms with Gasteiger partial charge >= 0.3 is 0 Å². The minimum absolute atomic E-state index is 0.0782. The third-order valence-corrected chi connectivity index (χ3v) is 3.95. The standard InChI is InChI=1S/C14H22N4O/c19-14-13(16-12-4-5-12)3-1-8-18(14)9-2-7-17-10-6-15-11-17/h6,10-13,16H,1-5,7-9H2. The fourth-order valence-corrected chi connectivity index (χ4v) is 2.71. The quantitative estimate of drug-likeness (QED) is 0.832. The van der Waals surface area contributed by atoms with Crippen LogP contribution >= 0.6 is 0 Å². The smallest absolute Gasteiger partial charge is 0.239 e. The maximum absolute atomic E-state index is 12.3. The Labute approximate surface area is 114 Å². The number of carbonyl (C=O) groups excluding carboxylic acids is 1. The van der Waals surface area contributed by atoms with Crippen molar-refractivity contribution in [1.82, 2.24) is 19.8 Å². The van der Waals surface area contributed by atoms with Gasteiger partial charge in [-0.2, -0.15) is 0 Å². The number of hydrogen-bond acceptors (Lipinski definition) is 3. The second-order valence-corrected chi connectivity index (χ2v) is 5.62. The van der Waals surface area contributed by atoms with Crippen LogP contribution in [0.1, 0.15) is 32.1 Å². The summed E-state index contributed by atoms with van der Waals surface area (Å²) in [4.78, 5) is 18.4. The third-order valence-electron chi connectivity index (χ3n) is 3.95. The Morgan fingerprint density at radius 2 is 2.21 bits per heavy atom. The van der Waals surface area contributed by atoms with Gasteiger partial charge in [0.15, 0.2) is 0 Å². The number of aryl methyl sites for hydroxylation is 1. The molecule has 2 heterocycles. The van der Waals surface area contributed by atoms with Crippen molar-refractivity contribution < 1.29 is 4.79 Å². The first-order chi connectivity index (χ1) is 9.33. The van der Waals surface area contributed by atoms with Gasteiger partial charge in [0, 0.05) is 38.1 Å². The average molecular weight is 262 g/mol. The lowest BCUT2D eigenvalue weighted by Crippen LogP contribution is -2.51. The molecule has 1 atom stereocenters. The number of aromatic nitrogens is 2. The van der Waals surface area contributed by atoms with Crippen LogP contribution in [0.15, 0.2) is 18.7 Å². The summed E-state index contributed by atoms with van der Waals surface area (Å²) in [6.07, 6.45) is 11.2. The molecular weight excluding hydrogens is 240 g/mol. The fourth-order valence-electron chi connectivity index (χ4n) is 2.71. The third kappa shape index (κ3) is 3.35. The van der Waals surface area contributed by atoms with E-state index in [1.54, 1.807) is 6.20 Å². The van der Waals surface area contributed by atoms with Crippen LogP contribution in [0.5, 0.6) is 0 Å². The largest absolute Gasteiger partial charge is 0.341 e. The van der Waals surface area contributed by atoms with Crippen LogP contribution in [0.4, 0.5) is 0 Å². The highest BCUT2D eigenvalue weighted by molar-refractivity contribution is 5.82. The van der Waals surface area contributed by atoms with Crippen molar-refractivity contribution >= 4 is 5.91 Å². The number of amides is 1. The van der Waals surface area contributed by atoms with E-state index < -0.39 is 0 Å². The highest BCUT2D eigenvalue weighted by Gasteiger charge is 2.32. The summed E-state index contributed by atoms with van der Waals surface area (Å²) in [5.74, 6) is 0.309. The van der Waals surface area contributed by atoms with E-state index in [0.29, 0.717) is 11.9 Å². The van der Waals surface area contributed by atoms with Gasteiger partial charge in [-0.3, -0.25) is 4.79 Å². The molecule has 1 aliphatic carbocycles. The highest BCUT2D eigenvalue weighted by Crippen LogP contribution is 2.22. The van der Waals surface area contributed by atoms with Crippen molar-refractivity contribution in [1.29, 1.82) is 0 Å². The molecule has 0 radical (unpaired) electrons. The van der Waals surface area contributed by atoms with E-state index in [1.165, 1.54) is 12.8 Å². The monoisotopic (exact) mass is 262 g/mol. The number of hydrogen-bond donors (Lipinski definition) is 1. The summed E-state index contributed by atoms with van der Waals surface area (Å²) in [6.45, 7) is 2.72. The van der Waals surface area contributed by atoms with E-state index in [-0.39, 0.29) is 6.04 Å². The number of rotatable bonds is 6. The summed E-state index contributed by atoms with van der Waals surface area (Å²) in [5, 5.41) is 3.47. The molecule has 19 heavy (non-hydrogen) atoms. The molecule has 104 valence electrons. The Kier molecular flexibility index (Phi) is 3.82. The number of likely N-dealkylation sites (tertiary alicyclic amines) is 1. The maximum Gasteiger partial charge on any atom is 0.239 e. The van der Waals surface area contributed by atoms with E-state index in [1.807, 2.05) is 17.4 Å². The Morgan fingerprint density at radius 1 is 1.32 bits per heavy atom. The molecule has 0 aromatic carbocycles. The number of carbonyl (C=O) groups is 1. The molecule has 1 amide bonds.